The van der Waals surface area contributed by atoms with E-state index < -0.39 is 0 Å². The third kappa shape index (κ3) is 5.00. The molecule has 1 aliphatic carbocycles. The molecule has 1 atom stereocenters. The number of nitrogens with zero attached hydrogens (tertiary/aromatic N) is 1. The van der Waals surface area contributed by atoms with Crippen LogP contribution in [0.4, 0.5) is 0 Å². The summed E-state index contributed by atoms with van der Waals surface area (Å²) in [5.74, 6) is 0.890. The van der Waals surface area contributed by atoms with Crippen LogP contribution in [-0.2, 0) is 5.41 Å². The van der Waals surface area contributed by atoms with E-state index in [4.69, 9.17) is 4.99 Å². The van der Waals surface area contributed by atoms with E-state index in [1.54, 1.807) is 0 Å². The van der Waals surface area contributed by atoms with Crippen molar-refractivity contribution in [2.24, 2.45) is 4.99 Å². The lowest BCUT2D eigenvalue weighted by Gasteiger charge is -2.26. The number of hydrogen-bond acceptors (Lipinski definition) is 2. The van der Waals surface area contributed by atoms with Gasteiger partial charge in [0, 0.05) is 11.0 Å². The van der Waals surface area contributed by atoms with Crippen molar-refractivity contribution in [1.29, 1.82) is 0 Å². The lowest BCUT2D eigenvalue weighted by atomic mass is 9.79. The molecular weight excluding hydrogens is 593 g/mol. The quantitative estimate of drug-likeness (QED) is 0.201. The van der Waals surface area contributed by atoms with E-state index in [1.807, 2.05) is 0 Å². The van der Waals surface area contributed by atoms with Gasteiger partial charge >= 0.3 is 0 Å². The van der Waals surface area contributed by atoms with Gasteiger partial charge in [0.25, 0.3) is 0 Å². The van der Waals surface area contributed by atoms with Crippen molar-refractivity contribution in [3.8, 4) is 33.4 Å². The number of hydrogen-bond donors (Lipinski definition) is 1. The van der Waals surface area contributed by atoms with Crippen LogP contribution < -0.4 is 5.32 Å². The first-order chi connectivity index (χ1) is 24.0. The number of rotatable bonds is 5. The molecule has 7 aromatic rings. The van der Waals surface area contributed by atoms with Crippen LogP contribution in [0.2, 0.25) is 0 Å². The van der Waals surface area contributed by atoms with E-state index in [9.17, 15) is 0 Å². The van der Waals surface area contributed by atoms with Crippen LogP contribution >= 0.6 is 0 Å². The Kier molecular flexibility index (Phi) is 6.91. The molecular formula is C47H36N2. The number of amidine groups is 1. The topological polar surface area (TPSA) is 24.4 Å². The zero-order valence-electron chi connectivity index (χ0n) is 27.7. The van der Waals surface area contributed by atoms with Crippen molar-refractivity contribution in [2.45, 2.75) is 25.3 Å². The Hall–Kier alpha value is -5.99. The summed E-state index contributed by atoms with van der Waals surface area (Å²) in [6.45, 7) is 4.76. The van der Waals surface area contributed by atoms with Gasteiger partial charge in [-0.25, -0.2) is 4.99 Å². The zero-order valence-corrected chi connectivity index (χ0v) is 27.7. The van der Waals surface area contributed by atoms with E-state index in [2.05, 4.69) is 189 Å². The lowest BCUT2D eigenvalue weighted by molar-refractivity contribution is 0.666. The molecule has 1 aliphatic heterocycles. The Morgan fingerprint density at radius 3 is 1.86 bits per heavy atom. The molecule has 0 aromatic heterocycles. The highest BCUT2D eigenvalue weighted by Gasteiger charge is 2.39. The van der Waals surface area contributed by atoms with Gasteiger partial charge in [-0.05, 0) is 84.6 Å². The van der Waals surface area contributed by atoms with Gasteiger partial charge < -0.3 is 5.32 Å². The SMILES string of the molecule is CC1(C)c2cc(C3=NC(c4ccc(-c5ccccc5)cc4)=CC(c4ccccc4)N3)ccc2-c2c(-c3ccccc3)cc3ccccc3c21. The Balaban J connectivity index is 1.17. The highest BCUT2D eigenvalue weighted by molar-refractivity contribution is 6.07. The van der Waals surface area contributed by atoms with Crippen molar-refractivity contribution in [2.75, 3.05) is 0 Å². The molecule has 0 radical (unpaired) electrons. The summed E-state index contributed by atoms with van der Waals surface area (Å²) in [5.41, 5.74) is 14.5. The van der Waals surface area contributed by atoms with E-state index in [0.717, 1.165) is 22.7 Å². The average molecular weight is 629 g/mol. The molecule has 7 aromatic carbocycles. The number of benzene rings is 7. The molecule has 0 saturated heterocycles. The van der Waals surface area contributed by atoms with E-state index in [0.29, 0.717) is 0 Å². The highest BCUT2D eigenvalue weighted by atomic mass is 15.0. The molecule has 0 fully saturated rings. The van der Waals surface area contributed by atoms with Crippen molar-refractivity contribution in [1.82, 2.24) is 5.32 Å². The van der Waals surface area contributed by atoms with E-state index >= 15 is 0 Å². The van der Waals surface area contributed by atoms with Gasteiger partial charge in [0.15, 0.2) is 0 Å². The first-order valence-corrected chi connectivity index (χ1v) is 17.1. The summed E-state index contributed by atoms with van der Waals surface area (Å²) in [6, 6.07) is 59.0. The molecule has 2 nitrogen and oxygen atoms in total. The first kappa shape index (κ1) is 29.2. The molecule has 0 spiro atoms. The van der Waals surface area contributed by atoms with Crippen molar-refractivity contribution in [3.05, 3.63) is 198 Å². The van der Waals surface area contributed by atoms with Crippen LogP contribution in [0.3, 0.4) is 0 Å². The van der Waals surface area contributed by atoms with Gasteiger partial charge in [0.05, 0.1) is 11.7 Å². The maximum Gasteiger partial charge on any atom is 0.134 e. The Bertz CT molecular complexity index is 2400. The predicted molar refractivity (Wildman–Crippen MR) is 206 cm³/mol. The fourth-order valence-corrected chi connectivity index (χ4v) is 7.83. The standard InChI is InChI=1S/C47H36N2/c1-47(2)41-29-37(26-27-39(41)44-40(33-16-8-4-9-17-33)28-36-20-12-13-21-38(36)45(44)47)46-48-42(34-18-10-5-11-19-34)30-43(49-46)35-24-22-32(23-25-35)31-14-6-3-7-15-31/h3-30,42H,1-2H3,(H,48,49). The van der Waals surface area contributed by atoms with Crippen molar-refractivity contribution in [3.63, 3.8) is 0 Å². The normalized spacial score (nSPS) is 15.9. The van der Waals surface area contributed by atoms with Gasteiger partial charge in [0.2, 0.25) is 0 Å². The van der Waals surface area contributed by atoms with Crippen LogP contribution in [0.25, 0.3) is 49.9 Å². The molecule has 49 heavy (non-hydrogen) atoms. The summed E-state index contributed by atoms with van der Waals surface area (Å²) in [5, 5.41) is 6.40. The molecule has 0 bridgehead atoms. The summed E-state index contributed by atoms with van der Waals surface area (Å²) in [7, 11) is 0. The van der Waals surface area contributed by atoms with Crippen LogP contribution in [0.5, 0.6) is 0 Å². The number of fused-ring (bicyclic) bond motifs is 5. The van der Waals surface area contributed by atoms with Gasteiger partial charge in [-0.2, -0.15) is 0 Å². The fraction of sp³-hybridized carbons (Fsp3) is 0.0851. The first-order valence-electron chi connectivity index (χ1n) is 17.1. The van der Waals surface area contributed by atoms with E-state index in [-0.39, 0.29) is 11.5 Å². The second-order valence-corrected chi connectivity index (χ2v) is 13.6. The van der Waals surface area contributed by atoms with E-state index in [1.165, 1.54) is 60.8 Å². The smallest absolute Gasteiger partial charge is 0.134 e. The molecule has 0 saturated carbocycles. The van der Waals surface area contributed by atoms with Crippen molar-refractivity contribution >= 4 is 22.3 Å². The van der Waals surface area contributed by atoms with Crippen LogP contribution in [-0.4, -0.2) is 5.84 Å². The summed E-state index contributed by atoms with van der Waals surface area (Å²) < 4.78 is 0. The van der Waals surface area contributed by atoms with Crippen LogP contribution in [0.1, 0.15) is 47.7 Å². The minimum atomic E-state index is -0.203. The summed E-state index contributed by atoms with van der Waals surface area (Å²) >= 11 is 0. The Morgan fingerprint density at radius 2 is 1.12 bits per heavy atom. The summed E-state index contributed by atoms with van der Waals surface area (Å²) in [4.78, 5) is 5.30. The van der Waals surface area contributed by atoms with Gasteiger partial charge in [-0.15, -0.1) is 0 Å². The third-order valence-electron chi connectivity index (χ3n) is 10.3. The number of aliphatic imine (C=N–C) groups is 1. The molecule has 1 heterocycles. The minimum Gasteiger partial charge on any atom is -0.359 e. The average Bonchev–Trinajstić information content (AvgIpc) is 3.41. The lowest BCUT2D eigenvalue weighted by Crippen LogP contribution is -2.31. The molecule has 2 heteroatoms. The maximum absolute atomic E-state index is 5.30. The minimum absolute atomic E-state index is 0.00964. The third-order valence-corrected chi connectivity index (χ3v) is 10.3. The predicted octanol–water partition coefficient (Wildman–Crippen LogP) is 11.6. The fourth-order valence-electron chi connectivity index (χ4n) is 7.83. The second-order valence-electron chi connectivity index (χ2n) is 13.6. The second kappa shape index (κ2) is 11.6. The molecule has 234 valence electrons. The molecule has 0 amide bonds. The molecule has 9 rings (SSSR count). The largest absolute Gasteiger partial charge is 0.359 e. The van der Waals surface area contributed by atoms with Gasteiger partial charge in [-0.1, -0.05) is 166 Å². The molecule has 2 aliphatic rings. The maximum atomic E-state index is 5.30. The van der Waals surface area contributed by atoms with Gasteiger partial charge in [0.1, 0.15) is 5.84 Å². The Labute approximate surface area is 288 Å². The van der Waals surface area contributed by atoms with Crippen LogP contribution in [0.15, 0.2) is 175 Å². The molecule has 1 unspecified atom stereocenters. The van der Waals surface area contributed by atoms with Crippen molar-refractivity contribution < 1.29 is 0 Å². The number of nitrogens with one attached hydrogen (secondary N) is 1. The molecule has 1 N–H and O–H groups in total. The monoisotopic (exact) mass is 628 g/mol. The Morgan fingerprint density at radius 1 is 0.531 bits per heavy atom. The zero-order chi connectivity index (χ0) is 33.0. The summed E-state index contributed by atoms with van der Waals surface area (Å²) in [6.07, 6.45) is 2.25. The van der Waals surface area contributed by atoms with Gasteiger partial charge in [-0.3, -0.25) is 0 Å². The highest BCUT2D eigenvalue weighted by Crippen LogP contribution is 2.55. The van der Waals surface area contributed by atoms with Crippen LogP contribution in [0, 0.1) is 0 Å².